The van der Waals surface area contributed by atoms with E-state index in [1.54, 1.807) is 17.6 Å². The van der Waals surface area contributed by atoms with E-state index in [1.165, 1.54) is 11.8 Å². The molecule has 0 aliphatic carbocycles. The molecule has 0 fully saturated rings. The van der Waals surface area contributed by atoms with Crippen molar-refractivity contribution in [3.63, 3.8) is 0 Å². The van der Waals surface area contributed by atoms with Gasteiger partial charge in [-0.25, -0.2) is 9.78 Å². The average Bonchev–Trinajstić information content (AvgIpc) is 3.44. The molecule has 1 N–H and O–H groups in total. The highest BCUT2D eigenvalue weighted by atomic mass is 32.2. The predicted molar refractivity (Wildman–Crippen MR) is 133 cm³/mol. The van der Waals surface area contributed by atoms with Crippen molar-refractivity contribution in [1.82, 2.24) is 9.55 Å². The molecular formula is C25H21N3O4S2. The number of carbonyl (C=O) groups excluding carboxylic acids is 2. The lowest BCUT2D eigenvalue weighted by Crippen LogP contribution is -2.21. The molecular weight excluding hydrogens is 470 g/mol. The Kier molecular flexibility index (Phi) is 6.21. The van der Waals surface area contributed by atoms with E-state index in [1.807, 2.05) is 48.5 Å². The van der Waals surface area contributed by atoms with Gasteiger partial charge in [0, 0.05) is 22.8 Å². The number of anilines is 1. The monoisotopic (exact) mass is 491 g/mol. The van der Waals surface area contributed by atoms with Gasteiger partial charge in [0.25, 0.3) is 11.5 Å². The number of aryl methyl sites for hydroxylation is 2. The van der Waals surface area contributed by atoms with Gasteiger partial charge in [-0.05, 0) is 43.2 Å². The molecule has 4 aromatic rings. The molecule has 0 unspecified atom stereocenters. The number of ether oxygens (including phenoxy) is 1. The molecule has 1 aliphatic heterocycles. The van der Waals surface area contributed by atoms with Crippen LogP contribution in [0.1, 0.15) is 27.5 Å². The van der Waals surface area contributed by atoms with Gasteiger partial charge in [-0.3, -0.25) is 14.2 Å². The molecule has 2 aromatic carbocycles. The Morgan fingerprint density at radius 3 is 2.74 bits per heavy atom. The Labute approximate surface area is 203 Å². The zero-order valence-electron chi connectivity index (χ0n) is 18.4. The third-order valence-electron chi connectivity index (χ3n) is 5.56. The van der Waals surface area contributed by atoms with Crippen LogP contribution in [0.25, 0.3) is 10.2 Å². The topological polar surface area (TPSA) is 90.3 Å². The molecule has 9 heteroatoms. The summed E-state index contributed by atoms with van der Waals surface area (Å²) in [6.07, 6.45) is 1.65. The normalized spacial score (nSPS) is 12.5. The highest BCUT2D eigenvalue weighted by Crippen LogP contribution is 2.33. The molecule has 34 heavy (non-hydrogen) atoms. The lowest BCUT2D eigenvalue weighted by atomic mass is 10.2. The fourth-order valence-corrected chi connectivity index (χ4v) is 5.93. The first kappa shape index (κ1) is 22.4. The van der Waals surface area contributed by atoms with E-state index in [2.05, 4.69) is 10.3 Å². The molecule has 2 aromatic heterocycles. The molecule has 1 aliphatic rings. The summed E-state index contributed by atoms with van der Waals surface area (Å²) in [5.74, 6) is -0.317. The quantitative estimate of drug-likeness (QED) is 0.395. The number of nitrogens with one attached hydrogen (secondary N) is 1. The maximum absolute atomic E-state index is 12.8. The van der Waals surface area contributed by atoms with Crippen molar-refractivity contribution < 1.29 is 14.3 Å². The second-order valence-electron chi connectivity index (χ2n) is 7.86. The van der Waals surface area contributed by atoms with Crippen molar-refractivity contribution in [3.05, 3.63) is 81.2 Å². The Morgan fingerprint density at radius 1 is 1.15 bits per heavy atom. The van der Waals surface area contributed by atoms with Gasteiger partial charge in [-0.2, -0.15) is 0 Å². The van der Waals surface area contributed by atoms with E-state index in [-0.39, 0.29) is 5.56 Å². The van der Waals surface area contributed by atoms with Gasteiger partial charge in [0.2, 0.25) is 0 Å². The number of para-hydroxylation sites is 1. The lowest BCUT2D eigenvalue weighted by molar-refractivity contribution is -0.119. The molecule has 0 saturated heterocycles. The summed E-state index contributed by atoms with van der Waals surface area (Å²) < 4.78 is 6.96. The van der Waals surface area contributed by atoms with Crippen LogP contribution in [-0.4, -0.2) is 28.0 Å². The summed E-state index contributed by atoms with van der Waals surface area (Å²) in [4.78, 5) is 45.4. The third-order valence-corrected chi connectivity index (χ3v) is 7.81. The molecule has 0 atom stereocenters. The van der Waals surface area contributed by atoms with Crippen LogP contribution in [0.4, 0.5) is 5.69 Å². The van der Waals surface area contributed by atoms with Gasteiger partial charge in [0.1, 0.15) is 15.5 Å². The van der Waals surface area contributed by atoms with Gasteiger partial charge < -0.3 is 10.1 Å². The van der Waals surface area contributed by atoms with E-state index in [0.717, 1.165) is 39.8 Å². The molecule has 0 spiro atoms. The summed E-state index contributed by atoms with van der Waals surface area (Å²) in [6, 6.07) is 17.3. The minimum absolute atomic E-state index is 0.115. The van der Waals surface area contributed by atoms with E-state index < -0.39 is 18.5 Å². The number of carbonyl (C=O) groups is 2. The first-order valence-electron chi connectivity index (χ1n) is 10.8. The Bertz CT molecular complexity index is 1460. The van der Waals surface area contributed by atoms with Crippen molar-refractivity contribution in [2.75, 3.05) is 11.9 Å². The minimum Gasteiger partial charge on any atom is -0.451 e. The van der Waals surface area contributed by atoms with Crippen molar-refractivity contribution in [2.24, 2.45) is 0 Å². The number of amides is 1. The summed E-state index contributed by atoms with van der Waals surface area (Å²) in [5, 5.41) is 3.28. The molecule has 0 bridgehead atoms. The minimum atomic E-state index is -0.632. The van der Waals surface area contributed by atoms with Gasteiger partial charge in [-0.15, -0.1) is 11.3 Å². The second-order valence-corrected chi connectivity index (χ2v) is 9.97. The molecule has 3 heterocycles. The average molecular weight is 492 g/mol. The Balaban J connectivity index is 1.27. The first-order chi connectivity index (χ1) is 16.5. The van der Waals surface area contributed by atoms with Gasteiger partial charge in [0.05, 0.1) is 11.1 Å². The van der Waals surface area contributed by atoms with Crippen LogP contribution in [0.3, 0.4) is 0 Å². The van der Waals surface area contributed by atoms with Crippen LogP contribution in [0.5, 0.6) is 0 Å². The molecule has 0 radical (unpaired) electrons. The van der Waals surface area contributed by atoms with E-state index in [4.69, 9.17) is 4.74 Å². The Morgan fingerprint density at radius 2 is 1.91 bits per heavy atom. The number of benzene rings is 2. The number of hydrogen-bond donors (Lipinski definition) is 1. The molecule has 7 nitrogen and oxygen atoms in total. The largest absolute Gasteiger partial charge is 0.451 e. The third kappa shape index (κ3) is 4.36. The fourth-order valence-electron chi connectivity index (χ4n) is 3.93. The van der Waals surface area contributed by atoms with Crippen molar-refractivity contribution in [2.45, 2.75) is 36.1 Å². The molecule has 0 saturated carbocycles. The van der Waals surface area contributed by atoms with E-state index in [0.29, 0.717) is 32.9 Å². The number of thiophene rings is 1. The van der Waals surface area contributed by atoms with Crippen LogP contribution >= 0.6 is 23.1 Å². The van der Waals surface area contributed by atoms with Crippen LogP contribution in [0, 0.1) is 6.92 Å². The van der Waals surface area contributed by atoms with E-state index >= 15 is 0 Å². The van der Waals surface area contributed by atoms with Crippen molar-refractivity contribution >= 4 is 50.9 Å². The van der Waals surface area contributed by atoms with Crippen LogP contribution < -0.4 is 10.9 Å². The number of nitrogens with zero attached hydrogens (tertiary/aromatic N) is 2. The summed E-state index contributed by atoms with van der Waals surface area (Å²) in [6.45, 7) is 1.94. The highest BCUT2D eigenvalue weighted by Gasteiger charge is 2.24. The van der Waals surface area contributed by atoms with Gasteiger partial charge >= 0.3 is 5.97 Å². The summed E-state index contributed by atoms with van der Waals surface area (Å²) >= 11 is 2.67. The van der Waals surface area contributed by atoms with Gasteiger partial charge in [0.15, 0.2) is 6.61 Å². The number of rotatable bonds is 6. The Hall–Kier alpha value is -3.43. The zero-order chi connectivity index (χ0) is 23.7. The van der Waals surface area contributed by atoms with E-state index in [9.17, 15) is 14.4 Å². The fraction of sp³-hybridized carbons (Fsp3) is 0.200. The summed E-state index contributed by atoms with van der Waals surface area (Å²) in [7, 11) is 0. The summed E-state index contributed by atoms with van der Waals surface area (Å²) in [5.41, 5.74) is 1.08. The number of hydrogen-bond acceptors (Lipinski definition) is 7. The van der Waals surface area contributed by atoms with Gasteiger partial charge in [-0.1, -0.05) is 42.1 Å². The van der Waals surface area contributed by atoms with Crippen LogP contribution in [0.2, 0.25) is 0 Å². The van der Waals surface area contributed by atoms with Crippen LogP contribution in [-0.2, 0) is 22.5 Å². The molecule has 5 rings (SSSR count). The van der Waals surface area contributed by atoms with Crippen molar-refractivity contribution in [1.29, 1.82) is 0 Å². The molecule has 172 valence electrons. The molecule has 1 amide bonds. The highest BCUT2D eigenvalue weighted by molar-refractivity contribution is 7.99. The second kappa shape index (κ2) is 9.44. The number of aromatic nitrogens is 2. The lowest BCUT2D eigenvalue weighted by Gasteiger charge is -2.11. The maximum Gasteiger partial charge on any atom is 0.349 e. The maximum atomic E-state index is 12.8. The number of fused-ring (bicyclic) bond motifs is 2. The standard InChI is InChI=1S/C25H21N3O4S2/c1-15-21-23(27-19-12-7-13-28(19)24(21)30)34-22(15)25(31)32-14-20(29)26-17-10-5-6-11-18(17)33-16-8-3-2-4-9-16/h2-6,8-11H,7,12-14H2,1H3,(H,26,29). The SMILES string of the molecule is Cc1c(C(=O)OCC(=O)Nc2ccccc2Sc2ccccc2)sc2nc3n(c(=O)c12)CCC3. The van der Waals surface area contributed by atoms with Crippen LogP contribution in [0.15, 0.2) is 69.2 Å². The first-order valence-corrected chi connectivity index (χ1v) is 12.5. The smallest absolute Gasteiger partial charge is 0.349 e. The number of esters is 1. The van der Waals surface area contributed by atoms with Crippen molar-refractivity contribution in [3.8, 4) is 0 Å². The predicted octanol–water partition coefficient (Wildman–Crippen LogP) is 4.66. The zero-order valence-corrected chi connectivity index (χ0v) is 20.0.